The molecule has 4 aromatic rings. The van der Waals surface area contributed by atoms with Crippen LogP contribution in [0.3, 0.4) is 0 Å². The minimum atomic E-state index is -1.09. The summed E-state index contributed by atoms with van der Waals surface area (Å²) in [5.74, 6) is 0.162. The van der Waals surface area contributed by atoms with Gasteiger partial charge in [-0.15, -0.1) is 23.3 Å². The van der Waals surface area contributed by atoms with Gasteiger partial charge in [-0.1, -0.05) is 45.0 Å². The molecule has 51 heavy (non-hydrogen) atoms. The SMILES string of the molecule is CCC(=O)O.CCNC(=O)c1nnc(-c2ccc(O)c(C(C)C)c2)n1-c1ccc(CN2CC[N-]CC2)cc1.O=C(O)Nc1ccc(CO)cc1.[Y]. The number of aromatic hydroxyl groups is 1. The molecule has 1 aromatic heterocycles. The predicted octanol–water partition coefficient (Wildman–Crippen LogP) is 5.45. The van der Waals surface area contributed by atoms with Crippen molar-refractivity contribution in [2.75, 3.05) is 38.0 Å². The molecular weight excluding hydrogens is 731 g/mol. The van der Waals surface area contributed by atoms with Gasteiger partial charge in [0.05, 0.1) is 6.61 Å². The van der Waals surface area contributed by atoms with Gasteiger partial charge in [0, 0.05) is 69.2 Å². The molecule has 0 atom stereocenters. The smallest absolute Gasteiger partial charge is 0.409 e. The van der Waals surface area contributed by atoms with Gasteiger partial charge in [0.25, 0.3) is 5.91 Å². The van der Waals surface area contributed by atoms with Crippen molar-refractivity contribution in [2.45, 2.75) is 53.2 Å². The molecule has 2 heterocycles. The third kappa shape index (κ3) is 13.5. The molecule has 271 valence electrons. The predicted molar refractivity (Wildman–Crippen MR) is 191 cm³/mol. The first-order chi connectivity index (χ1) is 24.0. The second-order valence-corrected chi connectivity index (χ2v) is 11.6. The van der Waals surface area contributed by atoms with E-state index in [9.17, 15) is 19.5 Å². The Morgan fingerprint density at radius 2 is 1.51 bits per heavy atom. The topological polar surface area (TPSA) is 204 Å². The van der Waals surface area contributed by atoms with E-state index in [1.807, 2.05) is 39.0 Å². The number of carbonyl (C=O) groups is 3. The molecule has 1 radical (unpaired) electrons. The van der Waals surface area contributed by atoms with Gasteiger partial charge in [0.15, 0.2) is 5.82 Å². The number of rotatable bonds is 10. The van der Waals surface area contributed by atoms with Crippen molar-refractivity contribution in [3.8, 4) is 22.8 Å². The van der Waals surface area contributed by atoms with Crippen LogP contribution in [-0.4, -0.2) is 90.8 Å². The van der Waals surface area contributed by atoms with Gasteiger partial charge in [-0.25, -0.2) is 4.79 Å². The van der Waals surface area contributed by atoms with Gasteiger partial charge in [-0.05, 0) is 85.1 Å². The Labute approximate surface area is 323 Å². The second kappa shape index (κ2) is 21.9. The number of aromatic nitrogens is 3. The Balaban J connectivity index is 0.000000415. The van der Waals surface area contributed by atoms with E-state index in [4.69, 9.17) is 15.3 Å². The van der Waals surface area contributed by atoms with E-state index in [0.717, 1.165) is 55.1 Å². The van der Waals surface area contributed by atoms with Gasteiger partial charge < -0.3 is 36.0 Å². The van der Waals surface area contributed by atoms with Crippen LogP contribution in [-0.2, 0) is 50.7 Å². The number of phenolic OH excluding ortho intramolecular Hbond substituents is 1. The molecule has 1 fully saturated rings. The van der Waals surface area contributed by atoms with Crippen molar-refractivity contribution < 1.29 is 67.5 Å². The summed E-state index contributed by atoms with van der Waals surface area (Å²) in [6.45, 7) is 12.6. The van der Waals surface area contributed by atoms with Gasteiger partial charge in [0.1, 0.15) is 5.75 Å². The number of aliphatic hydroxyl groups excluding tert-OH is 1. The van der Waals surface area contributed by atoms with E-state index in [2.05, 4.69) is 43.2 Å². The Morgan fingerprint density at radius 3 is 2.04 bits per heavy atom. The van der Waals surface area contributed by atoms with E-state index >= 15 is 0 Å². The Bertz CT molecular complexity index is 1690. The van der Waals surface area contributed by atoms with Crippen LogP contribution >= 0.6 is 0 Å². The van der Waals surface area contributed by atoms with Crippen molar-refractivity contribution in [1.29, 1.82) is 0 Å². The number of carboxylic acid groups (broad SMARTS) is 2. The fourth-order valence-electron chi connectivity index (χ4n) is 4.89. The molecular formula is C36H46N7O7Y-. The van der Waals surface area contributed by atoms with Crippen molar-refractivity contribution >= 4 is 23.7 Å². The monoisotopic (exact) mass is 777 g/mol. The first kappa shape index (κ1) is 43.0. The molecule has 0 spiro atoms. The zero-order valence-electron chi connectivity index (χ0n) is 29.4. The number of phenols is 1. The number of aliphatic hydroxyl groups is 1. The van der Waals surface area contributed by atoms with Crippen LogP contribution in [0.4, 0.5) is 10.5 Å². The summed E-state index contributed by atoms with van der Waals surface area (Å²) in [5, 5.41) is 53.0. The largest absolute Gasteiger partial charge is 0.660 e. The fourth-order valence-corrected chi connectivity index (χ4v) is 4.89. The average Bonchev–Trinajstić information content (AvgIpc) is 3.55. The summed E-state index contributed by atoms with van der Waals surface area (Å²) < 4.78 is 1.78. The maximum Gasteiger partial charge on any atom is 0.409 e. The molecule has 1 saturated heterocycles. The molecule has 6 N–H and O–H groups in total. The third-order valence-electron chi connectivity index (χ3n) is 7.55. The number of anilines is 1. The first-order valence-corrected chi connectivity index (χ1v) is 16.4. The Morgan fingerprint density at radius 1 is 0.902 bits per heavy atom. The molecule has 0 saturated carbocycles. The quantitative estimate of drug-likeness (QED) is 0.120. The Hall–Kier alpha value is -4.21. The molecule has 0 unspecified atom stereocenters. The minimum Gasteiger partial charge on any atom is -0.660 e. The summed E-state index contributed by atoms with van der Waals surface area (Å²) in [5.41, 5.74) is 4.89. The molecule has 0 bridgehead atoms. The number of carboxylic acids is 1. The third-order valence-corrected chi connectivity index (χ3v) is 7.55. The van der Waals surface area contributed by atoms with Crippen LogP contribution in [0.1, 0.15) is 67.3 Å². The van der Waals surface area contributed by atoms with Crippen LogP contribution < -0.4 is 10.6 Å². The van der Waals surface area contributed by atoms with Crippen LogP contribution in [0.25, 0.3) is 22.4 Å². The van der Waals surface area contributed by atoms with Crippen molar-refractivity contribution in [2.24, 2.45) is 0 Å². The van der Waals surface area contributed by atoms with E-state index < -0.39 is 12.1 Å². The molecule has 14 nitrogen and oxygen atoms in total. The number of hydrogen-bond acceptors (Lipinski definition) is 8. The van der Waals surface area contributed by atoms with Gasteiger partial charge in [-0.3, -0.25) is 19.5 Å². The zero-order valence-corrected chi connectivity index (χ0v) is 32.3. The Kier molecular flexibility index (Phi) is 18.4. The van der Waals surface area contributed by atoms with E-state index in [1.165, 1.54) is 5.56 Å². The van der Waals surface area contributed by atoms with Crippen LogP contribution in [0, 0.1) is 0 Å². The number of nitrogens with zero attached hydrogens (tertiary/aromatic N) is 5. The molecule has 0 aliphatic carbocycles. The molecule has 1 aliphatic heterocycles. The van der Waals surface area contributed by atoms with E-state index in [1.54, 1.807) is 47.9 Å². The number of carbonyl (C=O) groups excluding carboxylic acids is 1. The maximum atomic E-state index is 12.8. The molecule has 2 amide bonds. The second-order valence-electron chi connectivity index (χ2n) is 11.6. The number of hydrogen-bond donors (Lipinski definition) is 6. The van der Waals surface area contributed by atoms with Crippen molar-refractivity contribution in [1.82, 2.24) is 25.0 Å². The summed E-state index contributed by atoms with van der Waals surface area (Å²) in [7, 11) is 0. The van der Waals surface area contributed by atoms with Crippen molar-refractivity contribution in [3.05, 3.63) is 94.6 Å². The number of amides is 2. The maximum absolute atomic E-state index is 12.8. The van der Waals surface area contributed by atoms with Gasteiger partial charge >= 0.3 is 12.1 Å². The van der Waals surface area contributed by atoms with E-state index in [-0.39, 0.29) is 69.1 Å². The zero-order chi connectivity index (χ0) is 36.6. The molecule has 15 heteroatoms. The summed E-state index contributed by atoms with van der Waals surface area (Å²) in [6.07, 6.45) is -0.869. The number of benzene rings is 3. The normalized spacial score (nSPS) is 12.4. The van der Waals surface area contributed by atoms with Crippen LogP contribution in [0.15, 0.2) is 66.7 Å². The number of piperazine rings is 1. The number of aliphatic carboxylic acids is 1. The minimum absolute atomic E-state index is 0. The fraction of sp³-hybridized carbons (Fsp3) is 0.361. The molecule has 1 aliphatic rings. The summed E-state index contributed by atoms with van der Waals surface area (Å²) in [6, 6.07) is 20.1. The van der Waals surface area contributed by atoms with E-state index in [0.29, 0.717) is 18.1 Å². The summed E-state index contributed by atoms with van der Waals surface area (Å²) >= 11 is 0. The first-order valence-electron chi connectivity index (χ1n) is 16.4. The van der Waals surface area contributed by atoms with Gasteiger partial charge in [0.2, 0.25) is 5.82 Å². The summed E-state index contributed by atoms with van der Waals surface area (Å²) in [4.78, 5) is 34.7. The average molecular weight is 778 g/mol. The van der Waals surface area contributed by atoms with Crippen LogP contribution in [0.5, 0.6) is 5.75 Å². The van der Waals surface area contributed by atoms with Crippen LogP contribution in [0.2, 0.25) is 0 Å². The molecule has 3 aromatic carbocycles. The molecule has 5 rings (SSSR count). The van der Waals surface area contributed by atoms with Gasteiger partial charge in [-0.2, -0.15) is 0 Å². The van der Waals surface area contributed by atoms with Crippen molar-refractivity contribution in [3.63, 3.8) is 0 Å². The standard InChI is InChI=1S/C25H31N6O2.C8H9NO3.C3H6O2.Y/c1-4-27-25(33)24-29-28-23(19-7-10-22(32)21(15-19)17(2)3)31(24)20-8-5-18(6-9-20)16-30-13-11-26-12-14-30;10-5-6-1-3-7(4-2-6)9-8(11)12;1-2-3(4)5;/h5-10,15,17,32H,4,11-14,16H2,1-3H3,(H,27,33);1-4,9-10H,5H2,(H,11,12);2H2,1H3,(H,4,5);/q-1;;;. The number of nitrogens with one attached hydrogen (secondary N) is 2.